The zero-order valence-corrected chi connectivity index (χ0v) is 10.1. The van der Waals surface area contributed by atoms with E-state index in [1.807, 2.05) is 0 Å². The van der Waals surface area contributed by atoms with Crippen LogP contribution >= 0.6 is 0 Å². The van der Waals surface area contributed by atoms with Crippen molar-refractivity contribution in [1.82, 2.24) is 25.1 Å². The fraction of sp³-hybridized carbons (Fsp3) is 0.636. The molecule has 1 saturated carbocycles. The maximum Gasteiger partial charge on any atom is 0.228 e. The molecule has 18 heavy (non-hydrogen) atoms. The summed E-state index contributed by atoms with van der Waals surface area (Å²) in [5.41, 5.74) is 5.89. The van der Waals surface area contributed by atoms with E-state index in [1.54, 1.807) is 17.1 Å². The number of hydrogen-bond donors (Lipinski definition) is 1. The molecule has 1 fully saturated rings. The van der Waals surface area contributed by atoms with Gasteiger partial charge in [-0.3, -0.25) is 4.68 Å². The quantitative estimate of drug-likeness (QED) is 0.852. The maximum absolute atomic E-state index is 6.27. The zero-order chi connectivity index (χ0) is 12.4. The van der Waals surface area contributed by atoms with E-state index in [2.05, 4.69) is 20.5 Å². The lowest BCUT2D eigenvalue weighted by Crippen LogP contribution is -2.34. The lowest BCUT2D eigenvalue weighted by molar-refractivity contribution is 0.343. The number of nitrogens with two attached hydrogens (primary N) is 1. The highest BCUT2D eigenvalue weighted by atomic mass is 16.5. The molecule has 0 aromatic carbocycles. The molecular formula is C11H16N6O. The van der Waals surface area contributed by atoms with Crippen molar-refractivity contribution in [3.63, 3.8) is 0 Å². The second-order valence-electron chi connectivity index (χ2n) is 4.79. The second-order valence-corrected chi connectivity index (χ2v) is 4.79. The summed E-state index contributed by atoms with van der Waals surface area (Å²) < 4.78 is 6.97. The van der Waals surface area contributed by atoms with Crippen LogP contribution in [-0.4, -0.2) is 25.1 Å². The minimum absolute atomic E-state index is 0.380. The van der Waals surface area contributed by atoms with Gasteiger partial charge in [0.2, 0.25) is 5.89 Å². The zero-order valence-electron chi connectivity index (χ0n) is 10.1. The molecule has 96 valence electrons. The van der Waals surface area contributed by atoms with Gasteiger partial charge in [0.15, 0.2) is 5.82 Å². The molecule has 7 nitrogen and oxygen atoms in total. The average Bonchev–Trinajstić information content (AvgIpc) is 3.08. The van der Waals surface area contributed by atoms with Gasteiger partial charge in [0, 0.05) is 12.6 Å². The van der Waals surface area contributed by atoms with E-state index in [0.717, 1.165) is 25.7 Å². The first kappa shape index (κ1) is 11.3. The van der Waals surface area contributed by atoms with E-state index in [9.17, 15) is 0 Å². The topological polar surface area (TPSA) is 95.7 Å². The number of rotatable bonds is 4. The van der Waals surface area contributed by atoms with Crippen molar-refractivity contribution in [1.29, 1.82) is 0 Å². The molecular weight excluding hydrogens is 232 g/mol. The molecule has 2 aromatic heterocycles. The summed E-state index contributed by atoms with van der Waals surface area (Å²) in [5.74, 6) is 1.26. The van der Waals surface area contributed by atoms with Crippen molar-refractivity contribution in [3.8, 4) is 0 Å². The molecule has 3 rings (SSSR count). The van der Waals surface area contributed by atoms with Crippen LogP contribution in [0.15, 0.2) is 16.9 Å². The van der Waals surface area contributed by atoms with Crippen LogP contribution in [0, 0.1) is 0 Å². The van der Waals surface area contributed by atoms with Gasteiger partial charge in [-0.15, -0.1) is 5.10 Å². The Morgan fingerprint density at radius 1 is 1.39 bits per heavy atom. The Bertz CT molecular complexity index is 499. The Morgan fingerprint density at radius 2 is 2.22 bits per heavy atom. The van der Waals surface area contributed by atoms with Gasteiger partial charge in [-0.05, 0) is 12.8 Å². The summed E-state index contributed by atoms with van der Waals surface area (Å²) in [7, 11) is 0. The molecule has 0 radical (unpaired) electrons. The van der Waals surface area contributed by atoms with Gasteiger partial charge in [-0.2, -0.15) is 4.98 Å². The number of hydrogen-bond acceptors (Lipinski definition) is 6. The van der Waals surface area contributed by atoms with Crippen LogP contribution in [0.25, 0.3) is 0 Å². The van der Waals surface area contributed by atoms with Crippen LogP contribution in [0.1, 0.15) is 37.4 Å². The molecule has 2 N–H and O–H groups in total. The summed E-state index contributed by atoms with van der Waals surface area (Å²) in [5, 5.41) is 11.6. The first-order valence-corrected chi connectivity index (χ1v) is 6.22. The van der Waals surface area contributed by atoms with Gasteiger partial charge >= 0.3 is 0 Å². The van der Waals surface area contributed by atoms with Crippen molar-refractivity contribution in [2.75, 3.05) is 0 Å². The number of aryl methyl sites for hydroxylation is 2. The molecule has 1 aliphatic rings. The van der Waals surface area contributed by atoms with Crippen molar-refractivity contribution < 1.29 is 4.52 Å². The highest BCUT2D eigenvalue weighted by Gasteiger charge is 2.35. The van der Waals surface area contributed by atoms with E-state index in [-0.39, 0.29) is 5.54 Å². The lowest BCUT2D eigenvalue weighted by atomic mass is 9.99. The van der Waals surface area contributed by atoms with Crippen LogP contribution in [0.5, 0.6) is 0 Å². The van der Waals surface area contributed by atoms with Gasteiger partial charge in [0.25, 0.3) is 0 Å². The number of nitrogens with zero attached hydrogens (tertiary/aromatic N) is 5. The molecule has 0 bridgehead atoms. The van der Waals surface area contributed by atoms with E-state index < -0.39 is 0 Å². The summed E-state index contributed by atoms with van der Waals surface area (Å²) in [6.07, 6.45) is 8.25. The Labute approximate surface area is 104 Å². The first-order chi connectivity index (χ1) is 8.76. The highest BCUT2D eigenvalue weighted by Crippen LogP contribution is 2.34. The first-order valence-electron chi connectivity index (χ1n) is 6.22. The van der Waals surface area contributed by atoms with Gasteiger partial charge in [-0.1, -0.05) is 23.2 Å². The standard InChI is InChI=1S/C11H16N6O/c12-11(4-1-2-5-11)10-14-9(18-15-10)3-7-17-8-6-13-16-17/h6,8H,1-5,7,12H2. The third kappa shape index (κ3) is 2.13. The number of aromatic nitrogens is 5. The molecule has 0 aliphatic heterocycles. The molecule has 0 amide bonds. The summed E-state index contributed by atoms with van der Waals surface area (Å²) in [6, 6.07) is 0. The second kappa shape index (κ2) is 4.49. The normalized spacial score (nSPS) is 18.3. The lowest BCUT2D eigenvalue weighted by Gasteiger charge is -2.17. The summed E-state index contributed by atoms with van der Waals surface area (Å²) in [6.45, 7) is 0.680. The minimum atomic E-state index is -0.380. The molecule has 1 aliphatic carbocycles. The van der Waals surface area contributed by atoms with Gasteiger partial charge < -0.3 is 10.3 Å². The predicted octanol–water partition coefficient (Wildman–Crippen LogP) is 0.632. The van der Waals surface area contributed by atoms with Crippen LogP contribution in [0.3, 0.4) is 0 Å². The van der Waals surface area contributed by atoms with Crippen LogP contribution in [0.4, 0.5) is 0 Å². The summed E-state index contributed by atoms with van der Waals surface area (Å²) >= 11 is 0. The Kier molecular flexibility index (Phi) is 2.83. The van der Waals surface area contributed by atoms with Gasteiger partial charge in [0.1, 0.15) is 0 Å². The Hall–Kier alpha value is -1.76. The smallest absolute Gasteiger partial charge is 0.228 e. The molecule has 0 atom stereocenters. The van der Waals surface area contributed by atoms with Crippen molar-refractivity contribution in [2.45, 2.75) is 44.2 Å². The molecule has 0 saturated heterocycles. The predicted molar refractivity (Wildman–Crippen MR) is 62.4 cm³/mol. The van der Waals surface area contributed by atoms with Crippen LogP contribution in [-0.2, 0) is 18.5 Å². The fourth-order valence-electron chi connectivity index (χ4n) is 2.35. The molecule has 2 aromatic rings. The van der Waals surface area contributed by atoms with Crippen LogP contribution < -0.4 is 5.73 Å². The third-order valence-corrected chi connectivity index (χ3v) is 3.44. The largest absolute Gasteiger partial charge is 0.339 e. The minimum Gasteiger partial charge on any atom is -0.339 e. The molecule has 7 heteroatoms. The van der Waals surface area contributed by atoms with Crippen molar-refractivity contribution in [3.05, 3.63) is 24.1 Å². The van der Waals surface area contributed by atoms with Crippen molar-refractivity contribution in [2.24, 2.45) is 5.73 Å². The molecule has 2 heterocycles. The highest BCUT2D eigenvalue weighted by molar-refractivity contribution is 5.06. The maximum atomic E-state index is 6.27. The SMILES string of the molecule is NC1(c2noc(CCn3ccnn3)n2)CCCC1. The van der Waals surface area contributed by atoms with E-state index in [0.29, 0.717) is 24.7 Å². The third-order valence-electron chi connectivity index (χ3n) is 3.44. The van der Waals surface area contributed by atoms with Crippen LogP contribution in [0.2, 0.25) is 0 Å². The van der Waals surface area contributed by atoms with E-state index in [1.165, 1.54) is 0 Å². The Balaban J connectivity index is 1.66. The average molecular weight is 248 g/mol. The van der Waals surface area contributed by atoms with Crippen molar-refractivity contribution >= 4 is 0 Å². The Morgan fingerprint density at radius 3 is 2.94 bits per heavy atom. The fourth-order valence-corrected chi connectivity index (χ4v) is 2.35. The van der Waals surface area contributed by atoms with Gasteiger partial charge in [0.05, 0.1) is 18.3 Å². The summed E-state index contributed by atoms with van der Waals surface area (Å²) in [4.78, 5) is 4.40. The van der Waals surface area contributed by atoms with Gasteiger partial charge in [-0.25, -0.2) is 0 Å². The van der Waals surface area contributed by atoms with E-state index >= 15 is 0 Å². The molecule has 0 spiro atoms. The molecule has 0 unspecified atom stereocenters. The van der Waals surface area contributed by atoms with E-state index in [4.69, 9.17) is 10.3 Å². The monoisotopic (exact) mass is 248 g/mol.